The maximum Gasteiger partial charge on any atom is 0.315 e. The molecule has 0 spiro atoms. The number of carbonyl (C=O) groups is 1. The molecule has 0 radical (unpaired) electrons. The molecule has 2 atom stereocenters. The Kier molecular flexibility index (Phi) is 7.61. The van der Waals surface area contributed by atoms with Crippen molar-refractivity contribution in [3.05, 3.63) is 29.8 Å². The Bertz CT molecular complexity index is 420. The summed E-state index contributed by atoms with van der Waals surface area (Å²) in [6.07, 6.45) is 1.80. The molecule has 0 fully saturated rings. The minimum atomic E-state index is -0.151. The van der Waals surface area contributed by atoms with Crippen molar-refractivity contribution >= 4 is 6.03 Å². The minimum absolute atomic E-state index is 0.00351. The van der Waals surface area contributed by atoms with E-state index in [2.05, 4.69) is 10.6 Å². The van der Waals surface area contributed by atoms with Gasteiger partial charge in [-0.25, -0.2) is 4.79 Å². The number of hydrogen-bond donors (Lipinski definition) is 2. The van der Waals surface area contributed by atoms with E-state index in [1.807, 2.05) is 38.1 Å². The summed E-state index contributed by atoms with van der Waals surface area (Å²) < 4.78 is 10.1. The van der Waals surface area contributed by atoms with Gasteiger partial charge in [-0.1, -0.05) is 12.1 Å². The fraction of sp³-hybridized carbons (Fsp3) is 0.562. The lowest BCUT2D eigenvalue weighted by atomic mass is 10.1. The second kappa shape index (κ2) is 9.23. The summed E-state index contributed by atoms with van der Waals surface area (Å²) in [6.45, 7) is 4.42. The Labute approximate surface area is 127 Å². The van der Waals surface area contributed by atoms with Crippen molar-refractivity contribution in [1.29, 1.82) is 0 Å². The number of ether oxygens (including phenoxy) is 2. The van der Waals surface area contributed by atoms with E-state index in [-0.39, 0.29) is 18.1 Å². The largest absolute Gasteiger partial charge is 0.497 e. The first-order valence-corrected chi connectivity index (χ1v) is 7.24. The van der Waals surface area contributed by atoms with Crippen LogP contribution in [0.1, 0.15) is 25.8 Å². The van der Waals surface area contributed by atoms with Crippen molar-refractivity contribution in [2.24, 2.45) is 0 Å². The molecule has 2 N–H and O–H groups in total. The van der Waals surface area contributed by atoms with Gasteiger partial charge in [-0.2, -0.15) is 0 Å². The highest BCUT2D eigenvalue weighted by molar-refractivity contribution is 5.74. The molecule has 0 aromatic heterocycles. The zero-order chi connectivity index (χ0) is 15.7. The molecule has 0 aliphatic carbocycles. The molecule has 21 heavy (non-hydrogen) atoms. The first-order chi connectivity index (χ1) is 10.0. The Balaban J connectivity index is 2.29. The Morgan fingerprint density at radius 3 is 2.29 bits per heavy atom. The fourth-order valence-electron chi connectivity index (χ4n) is 2.03. The molecular formula is C16H26N2O3. The van der Waals surface area contributed by atoms with Gasteiger partial charge in [0, 0.05) is 13.2 Å². The number of benzene rings is 1. The third-order valence-corrected chi connectivity index (χ3v) is 3.20. The Morgan fingerprint density at radius 2 is 1.71 bits per heavy atom. The first kappa shape index (κ1) is 17.3. The summed E-state index contributed by atoms with van der Waals surface area (Å²) in [6, 6.07) is 7.96. The van der Waals surface area contributed by atoms with Crippen LogP contribution in [0.5, 0.6) is 5.75 Å². The molecule has 0 saturated heterocycles. The molecule has 5 nitrogen and oxygen atoms in total. The summed E-state index contributed by atoms with van der Waals surface area (Å²) >= 11 is 0. The number of amides is 2. The number of methoxy groups -OCH3 is 2. The van der Waals surface area contributed by atoms with E-state index in [1.54, 1.807) is 14.2 Å². The molecule has 2 amide bonds. The van der Waals surface area contributed by atoms with Crippen molar-refractivity contribution in [3.63, 3.8) is 0 Å². The van der Waals surface area contributed by atoms with Gasteiger partial charge in [0.25, 0.3) is 0 Å². The Morgan fingerprint density at radius 1 is 1.10 bits per heavy atom. The number of rotatable bonds is 8. The number of urea groups is 1. The van der Waals surface area contributed by atoms with Crippen LogP contribution in [0.15, 0.2) is 24.3 Å². The average molecular weight is 294 g/mol. The lowest BCUT2D eigenvalue weighted by Gasteiger charge is -2.17. The van der Waals surface area contributed by atoms with Crippen LogP contribution in [0.4, 0.5) is 4.79 Å². The molecule has 1 aromatic rings. The number of aryl methyl sites for hydroxylation is 1. The van der Waals surface area contributed by atoms with Crippen molar-refractivity contribution in [2.75, 3.05) is 20.8 Å². The second-order valence-corrected chi connectivity index (χ2v) is 5.26. The predicted molar refractivity (Wildman–Crippen MR) is 83.8 cm³/mol. The quantitative estimate of drug-likeness (QED) is 0.774. The molecule has 0 saturated carbocycles. The number of hydrogen-bond acceptors (Lipinski definition) is 3. The van der Waals surface area contributed by atoms with Gasteiger partial charge in [0.15, 0.2) is 0 Å². The monoisotopic (exact) mass is 294 g/mol. The van der Waals surface area contributed by atoms with Gasteiger partial charge in [-0.3, -0.25) is 0 Å². The zero-order valence-electron chi connectivity index (χ0n) is 13.3. The van der Waals surface area contributed by atoms with Gasteiger partial charge in [0.1, 0.15) is 5.75 Å². The van der Waals surface area contributed by atoms with Crippen molar-refractivity contribution < 1.29 is 14.3 Å². The SMILES string of the molecule is COCC(C)NC(=O)NC(C)CCc1ccc(OC)cc1. The smallest absolute Gasteiger partial charge is 0.315 e. The topological polar surface area (TPSA) is 59.6 Å². The van der Waals surface area contributed by atoms with E-state index in [1.165, 1.54) is 5.56 Å². The minimum Gasteiger partial charge on any atom is -0.497 e. The molecule has 5 heteroatoms. The maximum absolute atomic E-state index is 11.7. The third-order valence-electron chi connectivity index (χ3n) is 3.20. The Hall–Kier alpha value is -1.75. The molecule has 118 valence electrons. The lowest BCUT2D eigenvalue weighted by molar-refractivity contribution is 0.170. The molecule has 1 rings (SSSR count). The molecule has 0 bridgehead atoms. The van der Waals surface area contributed by atoms with Crippen LogP contribution in [-0.2, 0) is 11.2 Å². The van der Waals surface area contributed by atoms with Crippen LogP contribution in [-0.4, -0.2) is 38.9 Å². The van der Waals surface area contributed by atoms with E-state index in [0.29, 0.717) is 6.61 Å². The van der Waals surface area contributed by atoms with E-state index in [0.717, 1.165) is 18.6 Å². The molecule has 0 aliphatic rings. The van der Waals surface area contributed by atoms with Gasteiger partial charge in [0.05, 0.1) is 19.8 Å². The van der Waals surface area contributed by atoms with Crippen LogP contribution in [0.3, 0.4) is 0 Å². The number of nitrogens with one attached hydrogen (secondary N) is 2. The molecule has 1 aromatic carbocycles. The van der Waals surface area contributed by atoms with Gasteiger partial charge in [0.2, 0.25) is 0 Å². The summed E-state index contributed by atoms with van der Waals surface area (Å²) in [5.74, 6) is 0.858. The summed E-state index contributed by atoms with van der Waals surface area (Å²) in [5, 5.41) is 5.77. The highest BCUT2D eigenvalue weighted by Crippen LogP contribution is 2.13. The van der Waals surface area contributed by atoms with Gasteiger partial charge >= 0.3 is 6.03 Å². The second-order valence-electron chi connectivity index (χ2n) is 5.26. The molecule has 0 aliphatic heterocycles. The van der Waals surface area contributed by atoms with Gasteiger partial charge in [-0.15, -0.1) is 0 Å². The van der Waals surface area contributed by atoms with Crippen LogP contribution in [0.25, 0.3) is 0 Å². The van der Waals surface area contributed by atoms with Crippen LogP contribution in [0.2, 0.25) is 0 Å². The van der Waals surface area contributed by atoms with E-state index >= 15 is 0 Å². The van der Waals surface area contributed by atoms with E-state index in [4.69, 9.17) is 9.47 Å². The van der Waals surface area contributed by atoms with Gasteiger partial charge < -0.3 is 20.1 Å². The predicted octanol–water partition coefficient (Wildman–Crippen LogP) is 2.35. The van der Waals surface area contributed by atoms with E-state index in [9.17, 15) is 4.79 Å². The van der Waals surface area contributed by atoms with E-state index < -0.39 is 0 Å². The maximum atomic E-state index is 11.7. The average Bonchev–Trinajstić information content (AvgIpc) is 2.45. The standard InChI is InChI=1S/C16H26N2O3/c1-12(17-16(19)18-13(2)11-20-3)5-6-14-7-9-15(21-4)10-8-14/h7-10,12-13H,5-6,11H2,1-4H3,(H2,17,18,19). The molecule has 2 unspecified atom stereocenters. The van der Waals surface area contributed by atoms with Crippen LogP contribution in [0, 0.1) is 0 Å². The summed E-state index contributed by atoms with van der Waals surface area (Å²) in [5.41, 5.74) is 1.23. The zero-order valence-corrected chi connectivity index (χ0v) is 13.3. The van der Waals surface area contributed by atoms with Crippen molar-refractivity contribution in [1.82, 2.24) is 10.6 Å². The molecular weight excluding hydrogens is 268 g/mol. The summed E-state index contributed by atoms with van der Waals surface area (Å²) in [4.78, 5) is 11.7. The lowest BCUT2D eigenvalue weighted by Crippen LogP contribution is -2.45. The first-order valence-electron chi connectivity index (χ1n) is 7.24. The third kappa shape index (κ3) is 6.99. The van der Waals surface area contributed by atoms with Crippen LogP contribution < -0.4 is 15.4 Å². The fourth-order valence-corrected chi connectivity index (χ4v) is 2.03. The highest BCUT2D eigenvalue weighted by atomic mass is 16.5. The molecule has 0 heterocycles. The number of carbonyl (C=O) groups excluding carboxylic acids is 1. The van der Waals surface area contributed by atoms with Gasteiger partial charge in [-0.05, 0) is 44.4 Å². The van der Waals surface area contributed by atoms with Crippen LogP contribution >= 0.6 is 0 Å². The normalized spacial score (nSPS) is 13.3. The van der Waals surface area contributed by atoms with Crippen molar-refractivity contribution in [3.8, 4) is 5.75 Å². The highest BCUT2D eigenvalue weighted by Gasteiger charge is 2.10. The van der Waals surface area contributed by atoms with Crippen molar-refractivity contribution in [2.45, 2.75) is 38.8 Å². The summed E-state index contributed by atoms with van der Waals surface area (Å²) in [7, 11) is 3.28.